The van der Waals surface area contributed by atoms with Crippen molar-refractivity contribution in [3.8, 4) is 11.5 Å². The van der Waals surface area contributed by atoms with Crippen LogP contribution >= 0.6 is 0 Å². The molecule has 126 valence electrons. The van der Waals surface area contributed by atoms with E-state index in [2.05, 4.69) is 10.6 Å². The molecule has 1 amide bonds. The van der Waals surface area contributed by atoms with Crippen LogP contribution in [0, 0.1) is 0 Å². The first kappa shape index (κ1) is 15.3. The van der Waals surface area contributed by atoms with Gasteiger partial charge in [-0.05, 0) is 42.0 Å². The summed E-state index contributed by atoms with van der Waals surface area (Å²) in [6, 6.07) is 19.1. The molecule has 0 saturated heterocycles. The smallest absolute Gasteiger partial charge is 0.246 e. The number of fused-ring (bicyclic) bond motifs is 2. The fourth-order valence-electron chi connectivity index (χ4n) is 2.82. The van der Waals surface area contributed by atoms with Gasteiger partial charge in [-0.3, -0.25) is 4.79 Å². The average Bonchev–Trinajstić information content (AvgIpc) is 3.09. The molecule has 0 radical (unpaired) electrons. The minimum Gasteiger partial charge on any atom is -0.454 e. The van der Waals surface area contributed by atoms with E-state index in [1.165, 1.54) is 0 Å². The van der Waals surface area contributed by atoms with Gasteiger partial charge >= 0.3 is 0 Å². The Bertz CT molecular complexity index is 939. The number of carbonyl (C=O) groups excluding carboxylic acids is 1. The van der Waals surface area contributed by atoms with Crippen LogP contribution in [-0.4, -0.2) is 18.7 Å². The summed E-state index contributed by atoms with van der Waals surface area (Å²) < 4.78 is 10.6. The zero-order chi connectivity index (χ0) is 17.2. The molecule has 3 aromatic rings. The first-order valence-corrected chi connectivity index (χ1v) is 8.15. The van der Waals surface area contributed by atoms with Crippen LogP contribution in [0.1, 0.15) is 6.92 Å². The molecular formula is C20H18N2O3. The van der Waals surface area contributed by atoms with Crippen molar-refractivity contribution in [3.63, 3.8) is 0 Å². The highest BCUT2D eigenvalue weighted by molar-refractivity contribution is 5.98. The van der Waals surface area contributed by atoms with E-state index in [-0.39, 0.29) is 12.7 Å². The lowest BCUT2D eigenvalue weighted by atomic mass is 10.1. The van der Waals surface area contributed by atoms with Crippen LogP contribution < -0.4 is 20.1 Å². The van der Waals surface area contributed by atoms with Gasteiger partial charge in [-0.2, -0.15) is 0 Å². The van der Waals surface area contributed by atoms with E-state index < -0.39 is 6.04 Å². The minimum atomic E-state index is -0.396. The third-order valence-electron chi connectivity index (χ3n) is 4.17. The molecule has 1 atom stereocenters. The van der Waals surface area contributed by atoms with Crippen molar-refractivity contribution in [2.45, 2.75) is 13.0 Å². The van der Waals surface area contributed by atoms with Gasteiger partial charge in [0.25, 0.3) is 0 Å². The van der Waals surface area contributed by atoms with E-state index in [0.29, 0.717) is 5.75 Å². The Kier molecular flexibility index (Phi) is 3.90. The second kappa shape index (κ2) is 6.36. The molecule has 1 heterocycles. The summed E-state index contributed by atoms with van der Waals surface area (Å²) in [7, 11) is 0. The summed E-state index contributed by atoms with van der Waals surface area (Å²) in [6.45, 7) is 2.05. The molecule has 3 aromatic carbocycles. The number of rotatable bonds is 4. The molecular weight excluding hydrogens is 316 g/mol. The van der Waals surface area contributed by atoms with Crippen molar-refractivity contribution < 1.29 is 14.3 Å². The summed E-state index contributed by atoms with van der Waals surface area (Å²) in [5, 5.41) is 8.37. The average molecular weight is 334 g/mol. The third-order valence-corrected chi connectivity index (χ3v) is 4.17. The Balaban J connectivity index is 1.44. The van der Waals surface area contributed by atoms with Gasteiger partial charge < -0.3 is 20.1 Å². The number of amides is 1. The molecule has 1 aliphatic rings. The van der Waals surface area contributed by atoms with E-state index in [9.17, 15) is 4.79 Å². The van der Waals surface area contributed by atoms with Crippen LogP contribution in [0.2, 0.25) is 0 Å². The zero-order valence-electron chi connectivity index (χ0n) is 13.8. The number of nitrogens with one attached hydrogen (secondary N) is 2. The van der Waals surface area contributed by atoms with E-state index in [1.54, 1.807) is 0 Å². The first-order chi connectivity index (χ1) is 12.2. The largest absolute Gasteiger partial charge is 0.454 e. The minimum absolute atomic E-state index is 0.104. The second-order valence-electron chi connectivity index (χ2n) is 5.99. The van der Waals surface area contributed by atoms with Crippen molar-refractivity contribution in [2.75, 3.05) is 17.4 Å². The standard InChI is InChI=1S/C20H18N2O3/c1-13(21-17-8-9-18-19(11-17)25-12-24-18)20(23)22-16-7-6-14-4-2-3-5-15(14)10-16/h2-11,13,21H,12H2,1H3,(H,22,23)/t13-/m0/s1. The lowest BCUT2D eigenvalue weighted by Gasteiger charge is -2.16. The van der Waals surface area contributed by atoms with Crippen LogP contribution in [0.25, 0.3) is 10.8 Å². The Morgan fingerprint density at radius 1 is 0.920 bits per heavy atom. The molecule has 0 unspecified atom stereocenters. The quantitative estimate of drug-likeness (QED) is 0.757. The van der Waals surface area contributed by atoms with Crippen LogP contribution in [-0.2, 0) is 4.79 Å². The first-order valence-electron chi connectivity index (χ1n) is 8.15. The highest BCUT2D eigenvalue weighted by Crippen LogP contribution is 2.34. The maximum absolute atomic E-state index is 12.5. The van der Waals surface area contributed by atoms with Crippen LogP contribution in [0.5, 0.6) is 11.5 Å². The van der Waals surface area contributed by atoms with E-state index >= 15 is 0 Å². The Morgan fingerprint density at radius 2 is 1.68 bits per heavy atom. The van der Waals surface area contributed by atoms with Gasteiger partial charge in [0.05, 0.1) is 0 Å². The molecule has 0 saturated carbocycles. The SMILES string of the molecule is C[C@H](Nc1ccc2c(c1)OCO2)C(=O)Nc1ccc2ccccc2c1. The third kappa shape index (κ3) is 3.21. The lowest BCUT2D eigenvalue weighted by Crippen LogP contribution is -2.31. The van der Waals surface area contributed by atoms with Gasteiger partial charge in [-0.15, -0.1) is 0 Å². The summed E-state index contributed by atoms with van der Waals surface area (Å²) in [5.41, 5.74) is 1.59. The van der Waals surface area contributed by atoms with Gasteiger partial charge in [-0.1, -0.05) is 30.3 Å². The van der Waals surface area contributed by atoms with E-state index in [4.69, 9.17) is 9.47 Å². The molecule has 5 nitrogen and oxygen atoms in total. The summed E-state index contributed by atoms with van der Waals surface area (Å²) in [5.74, 6) is 1.30. The van der Waals surface area contributed by atoms with Crippen LogP contribution in [0.4, 0.5) is 11.4 Å². The predicted octanol–water partition coefficient (Wildman–Crippen LogP) is 4.01. The van der Waals surface area contributed by atoms with Crippen molar-refractivity contribution in [3.05, 3.63) is 60.7 Å². The Morgan fingerprint density at radius 3 is 2.56 bits per heavy atom. The molecule has 4 rings (SSSR count). The van der Waals surface area contributed by atoms with Gasteiger partial charge in [0.1, 0.15) is 6.04 Å². The highest BCUT2D eigenvalue weighted by atomic mass is 16.7. The Labute approximate surface area is 145 Å². The molecule has 2 N–H and O–H groups in total. The normalized spacial score (nSPS) is 13.5. The van der Waals surface area contributed by atoms with Crippen LogP contribution in [0.3, 0.4) is 0 Å². The maximum atomic E-state index is 12.5. The van der Waals surface area contributed by atoms with Crippen molar-refractivity contribution >= 4 is 28.1 Å². The number of ether oxygens (including phenoxy) is 2. The maximum Gasteiger partial charge on any atom is 0.246 e. The molecule has 0 fully saturated rings. The zero-order valence-corrected chi connectivity index (χ0v) is 13.8. The Hall–Kier alpha value is -3.21. The lowest BCUT2D eigenvalue weighted by molar-refractivity contribution is -0.116. The second-order valence-corrected chi connectivity index (χ2v) is 5.99. The van der Waals surface area contributed by atoms with Crippen molar-refractivity contribution in [1.29, 1.82) is 0 Å². The monoisotopic (exact) mass is 334 g/mol. The number of hydrogen-bond acceptors (Lipinski definition) is 4. The van der Waals surface area contributed by atoms with Gasteiger partial charge in [-0.25, -0.2) is 0 Å². The number of anilines is 2. The number of carbonyl (C=O) groups is 1. The summed E-state index contributed by atoms with van der Waals surface area (Å²) >= 11 is 0. The van der Waals surface area contributed by atoms with Crippen molar-refractivity contribution in [2.24, 2.45) is 0 Å². The van der Waals surface area contributed by atoms with E-state index in [0.717, 1.165) is 27.9 Å². The number of hydrogen-bond donors (Lipinski definition) is 2. The predicted molar refractivity (Wildman–Crippen MR) is 98.2 cm³/mol. The highest BCUT2D eigenvalue weighted by Gasteiger charge is 2.17. The number of benzene rings is 3. The molecule has 0 aliphatic carbocycles. The fraction of sp³-hybridized carbons (Fsp3) is 0.150. The van der Waals surface area contributed by atoms with Gasteiger partial charge in [0.2, 0.25) is 12.7 Å². The van der Waals surface area contributed by atoms with E-state index in [1.807, 2.05) is 67.6 Å². The van der Waals surface area contributed by atoms with Crippen LogP contribution in [0.15, 0.2) is 60.7 Å². The molecule has 0 spiro atoms. The fourth-order valence-corrected chi connectivity index (χ4v) is 2.82. The molecule has 0 aromatic heterocycles. The topological polar surface area (TPSA) is 59.6 Å². The molecule has 25 heavy (non-hydrogen) atoms. The summed E-state index contributed by atoms with van der Waals surface area (Å²) in [4.78, 5) is 12.5. The van der Waals surface area contributed by atoms with Gasteiger partial charge in [0.15, 0.2) is 11.5 Å². The summed E-state index contributed by atoms with van der Waals surface area (Å²) in [6.07, 6.45) is 0. The molecule has 0 bridgehead atoms. The molecule has 5 heteroatoms. The molecule has 1 aliphatic heterocycles. The van der Waals surface area contributed by atoms with Crippen molar-refractivity contribution in [1.82, 2.24) is 0 Å². The van der Waals surface area contributed by atoms with Gasteiger partial charge in [0, 0.05) is 17.4 Å².